The Morgan fingerprint density at radius 1 is 0.523 bits per heavy atom. The van der Waals surface area contributed by atoms with Crippen LogP contribution in [-0.4, -0.2) is 142 Å². The van der Waals surface area contributed by atoms with Gasteiger partial charge in [0.25, 0.3) is 0 Å². The maximum absolute atomic E-state index is 12.9. The average Bonchev–Trinajstić information content (AvgIpc) is 3.30. The number of allylic oxidation sites excluding steroid dienone is 14. The quantitative estimate of drug-likeness (QED) is 0.0203. The van der Waals surface area contributed by atoms with Crippen molar-refractivity contribution in [2.75, 3.05) is 33.0 Å². The van der Waals surface area contributed by atoms with Gasteiger partial charge in [0.2, 0.25) is 0 Å². The number of hydrogen-bond donors (Lipinski definition) is 7. The molecule has 372 valence electrons. The smallest absolute Gasteiger partial charge is 0.306 e. The lowest BCUT2D eigenvalue weighted by atomic mass is 9.98. The molecule has 11 unspecified atom stereocenters. The van der Waals surface area contributed by atoms with Gasteiger partial charge in [-0.15, -0.1) is 0 Å². The van der Waals surface area contributed by atoms with Crippen LogP contribution in [0, 0.1) is 0 Å². The van der Waals surface area contributed by atoms with E-state index in [1.54, 1.807) is 0 Å². The molecule has 2 heterocycles. The Kier molecular flexibility index (Phi) is 34.2. The lowest BCUT2D eigenvalue weighted by molar-refractivity contribution is -0.332. The number of ether oxygens (including phenoxy) is 6. The van der Waals surface area contributed by atoms with Gasteiger partial charge in [-0.3, -0.25) is 4.79 Å². The van der Waals surface area contributed by atoms with Crippen LogP contribution in [0.15, 0.2) is 85.1 Å². The van der Waals surface area contributed by atoms with E-state index in [1.807, 2.05) is 0 Å². The number of unbranched alkanes of at least 4 members (excludes halogenated alkanes) is 8. The fourth-order valence-corrected chi connectivity index (χ4v) is 6.93. The molecule has 0 aromatic carbocycles. The highest BCUT2D eigenvalue weighted by molar-refractivity contribution is 5.69. The van der Waals surface area contributed by atoms with Gasteiger partial charge in [0.1, 0.15) is 54.9 Å². The maximum atomic E-state index is 12.9. The summed E-state index contributed by atoms with van der Waals surface area (Å²) in [6.45, 7) is 3.32. The van der Waals surface area contributed by atoms with E-state index in [4.69, 9.17) is 28.4 Å². The number of hydrogen-bond acceptors (Lipinski definition) is 14. The highest BCUT2D eigenvalue weighted by atomic mass is 16.7. The van der Waals surface area contributed by atoms with Crippen molar-refractivity contribution in [3.05, 3.63) is 85.1 Å². The minimum absolute atomic E-state index is 0.0128. The van der Waals surface area contributed by atoms with E-state index in [-0.39, 0.29) is 19.6 Å². The van der Waals surface area contributed by atoms with Crippen molar-refractivity contribution in [1.29, 1.82) is 0 Å². The van der Waals surface area contributed by atoms with Gasteiger partial charge in [-0.25, -0.2) is 0 Å². The Bertz CT molecular complexity index is 1390. The van der Waals surface area contributed by atoms with E-state index < -0.39 is 86.7 Å². The molecule has 0 aromatic heterocycles. The van der Waals surface area contributed by atoms with Crippen LogP contribution in [0.2, 0.25) is 0 Å². The van der Waals surface area contributed by atoms with Gasteiger partial charge < -0.3 is 64.2 Å². The largest absolute Gasteiger partial charge is 0.457 e. The van der Waals surface area contributed by atoms with Crippen molar-refractivity contribution in [2.24, 2.45) is 0 Å². The molecule has 2 aliphatic rings. The summed E-state index contributed by atoms with van der Waals surface area (Å²) in [6.07, 6.45) is 30.9. The van der Waals surface area contributed by atoms with E-state index >= 15 is 0 Å². The van der Waals surface area contributed by atoms with Gasteiger partial charge in [-0.2, -0.15) is 0 Å². The fraction of sp³-hybridized carbons (Fsp3) is 0.706. The number of carbonyl (C=O) groups is 1. The van der Waals surface area contributed by atoms with Gasteiger partial charge in [0.05, 0.1) is 26.4 Å². The second kappa shape index (κ2) is 38.2. The minimum Gasteiger partial charge on any atom is -0.457 e. The second-order valence-electron chi connectivity index (χ2n) is 16.5. The first-order chi connectivity index (χ1) is 31.6. The van der Waals surface area contributed by atoms with Crippen molar-refractivity contribution in [1.82, 2.24) is 0 Å². The third kappa shape index (κ3) is 26.3. The van der Waals surface area contributed by atoms with E-state index in [0.717, 1.165) is 89.9 Å². The van der Waals surface area contributed by atoms with E-state index in [2.05, 4.69) is 98.9 Å². The summed E-state index contributed by atoms with van der Waals surface area (Å²) >= 11 is 0. The van der Waals surface area contributed by atoms with Crippen molar-refractivity contribution < 1.29 is 69.0 Å². The first-order valence-corrected chi connectivity index (χ1v) is 24.2. The highest BCUT2D eigenvalue weighted by Gasteiger charge is 2.47. The molecular formula is C51H84O14. The minimum atomic E-state index is -1.72. The zero-order chi connectivity index (χ0) is 47.3. The molecule has 2 rings (SSSR count). The number of aliphatic hydroxyl groups excluding tert-OH is 7. The molecule has 0 radical (unpaired) electrons. The van der Waals surface area contributed by atoms with Crippen LogP contribution in [0.3, 0.4) is 0 Å². The molecule has 0 aliphatic carbocycles. The summed E-state index contributed by atoms with van der Waals surface area (Å²) in [5, 5.41) is 72.0. The van der Waals surface area contributed by atoms with Gasteiger partial charge in [0.15, 0.2) is 12.6 Å². The summed E-state index contributed by atoms with van der Waals surface area (Å²) < 4.78 is 34.1. The Morgan fingerprint density at radius 2 is 1.00 bits per heavy atom. The summed E-state index contributed by atoms with van der Waals surface area (Å²) in [5.41, 5.74) is 0. The predicted octanol–water partition coefficient (Wildman–Crippen LogP) is 6.51. The molecule has 0 bridgehead atoms. The van der Waals surface area contributed by atoms with Gasteiger partial charge >= 0.3 is 5.97 Å². The predicted molar refractivity (Wildman–Crippen MR) is 251 cm³/mol. The Hall–Kier alpha value is -2.83. The molecule has 0 spiro atoms. The van der Waals surface area contributed by atoms with Gasteiger partial charge in [-0.05, 0) is 77.0 Å². The van der Waals surface area contributed by atoms with E-state index in [1.165, 1.54) is 12.8 Å². The molecule has 0 aromatic rings. The van der Waals surface area contributed by atoms with Crippen LogP contribution in [0.4, 0.5) is 0 Å². The molecular weight excluding hydrogens is 837 g/mol. The number of rotatable bonds is 36. The summed E-state index contributed by atoms with van der Waals surface area (Å²) in [7, 11) is 0. The third-order valence-corrected chi connectivity index (χ3v) is 10.9. The molecule has 2 fully saturated rings. The number of esters is 1. The number of aliphatic hydroxyl groups is 7. The first kappa shape index (κ1) is 58.3. The average molecular weight is 921 g/mol. The molecule has 14 heteroatoms. The second-order valence-corrected chi connectivity index (χ2v) is 16.5. The third-order valence-electron chi connectivity index (χ3n) is 10.9. The van der Waals surface area contributed by atoms with Crippen LogP contribution >= 0.6 is 0 Å². The lowest BCUT2D eigenvalue weighted by Gasteiger charge is -2.42. The van der Waals surface area contributed by atoms with Crippen molar-refractivity contribution in [3.63, 3.8) is 0 Å². The van der Waals surface area contributed by atoms with Crippen LogP contribution in [0.5, 0.6) is 0 Å². The molecule has 2 saturated heterocycles. The van der Waals surface area contributed by atoms with Gasteiger partial charge in [-0.1, -0.05) is 131 Å². The SMILES string of the molecule is CC/C=C\C/C=C\C/C=C\C/C=C\C/C=C\C/C=C\CCCOCC(COC1OC(COC2OC(CO)C(O)C(O)C2O)C(O)C(O)C1O)OC(=O)CCCCCCC/C=C\CCCC. The molecule has 2 aliphatic heterocycles. The van der Waals surface area contributed by atoms with Crippen molar-refractivity contribution >= 4 is 5.97 Å². The Balaban J connectivity index is 1.81. The zero-order valence-corrected chi connectivity index (χ0v) is 39.2. The van der Waals surface area contributed by atoms with Gasteiger partial charge in [0, 0.05) is 13.0 Å². The monoisotopic (exact) mass is 921 g/mol. The van der Waals surface area contributed by atoms with Crippen LogP contribution in [0.1, 0.15) is 129 Å². The summed E-state index contributed by atoms with van der Waals surface area (Å²) in [4.78, 5) is 12.9. The first-order valence-electron chi connectivity index (χ1n) is 24.2. The summed E-state index contributed by atoms with van der Waals surface area (Å²) in [6, 6.07) is 0. The van der Waals surface area contributed by atoms with Crippen molar-refractivity contribution in [2.45, 2.75) is 197 Å². The van der Waals surface area contributed by atoms with Crippen molar-refractivity contribution in [3.8, 4) is 0 Å². The molecule has 14 nitrogen and oxygen atoms in total. The molecule has 65 heavy (non-hydrogen) atoms. The van der Waals surface area contributed by atoms with Crippen LogP contribution < -0.4 is 0 Å². The normalized spacial score (nSPS) is 27.3. The summed E-state index contributed by atoms with van der Waals surface area (Å²) in [5.74, 6) is -0.412. The molecule has 0 saturated carbocycles. The molecule has 11 atom stereocenters. The van der Waals surface area contributed by atoms with E-state index in [0.29, 0.717) is 13.0 Å². The zero-order valence-electron chi connectivity index (χ0n) is 39.2. The maximum Gasteiger partial charge on any atom is 0.306 e. The van der Waals surface area contributed by atoms with Crippen LogP contribution in [-0.2, 0) is 33.2 Å². The molecule has 7 N–H and O–H groups in total. The number of carbonyl (C=O) groups excluding carboxylic acids is 1. The van der Waals surface area contributed by atoms with E-state index in [9.17, 15) is 40.5 Å². The van der Waals surface area contributed by atoms with Crippen LogP contribution in [0.25, 0.3) is 0 Å². The standard InChI is InChI=1S/C51H84O14/c1-3-5-7-9-11-13-15-16-17-18-19-20-21-22-23-25-27-29-31-33-35-60-37-40(63-43(53)34-32-30-28-26-24-14-12-10-8-6-4-2)38-61-50-49(59)47(57)45(55)42(65-50)39-62-51-48(58)46(56)44(54)41(36-52)64-51/h5,7,10-13,16-17,19-20,22-23,27,29,40-42,44-52,54-59H,3-4,6,8-9,14-15,18,21,24-26,28,30-39H2,1-2H3/b7-5-,12-10-,13-11-,17-16-,20-19-,23-22-,29-27-. The topological polar surface area (TPSA) is 214 Å². The Morgan fingerprint density at radius 3 is 1.58 bits per heavy atom. The molecule has 0 amide bonds. The fourth-order valence-electron chi connectivity index (χ4n) is 6.93. The lowest BCUT2D eigenvalue weighted by Crippen LogP contribution is -2.61. The Labute approximate surface area is 389 Å². The highest BCUT2D eigenvalue weighted by Crippen LogP contribution is 2.26.